The maximum atomic E-state index is 11.5. The number of hydrogen-bond donors (Lipinski definition) is 0. The molecular formula is C9H14N2O2. The summed E-state index contributed by atoms with van der Waals surface area (Å²) >= 11 is 0. The lowest BCUT2D eigenvalue weighted by Gasteiger charge is -2.19. The van der Waals surface area contributed by atoms with Gasteiger partial charge in [-0.1, -0.05) is 0 Å². The molecule has 0 unspecified atom stereocenters. The molecule has 0 spiro atoms. The molecule has 4 heteroatoms. The molecule has 0 fully saturated rings. The third-order valence-corrected chi connectivity index (χ3v) is 1.43. The summed E-state index contributed by atoms with van der Waals surface area (Å²) in [4.78, 5) is 11.5. The van der Waals surface area contributed by atoms with Crippen LogP contribution in [0.25, 0.3) is 0 Å². The Balaban J connectivity index is 2.76. The molecule has 0 saturated carbocycles. The molecule has 0 aliphatic heterocycles. The molecule has 4 nitrogen and oxygen atoms in total. The number of ether oxygens (including phenoxy) is 1. The highest BCUT2D eigenvalue weighted by Gasteiger charge is 2.19. The average Bonchev–Trinajstić information content (AvgIpc) is 2.30. The SMILES string of the molecule is Cn1nccc1C(=O)OC(C)(C)C. The van der Waals surface area contributed by atoms with Crippen molar-refractivity contribution in [2.75, 3.05) is 0 Å². The van der Waals surface area contributed by atoms with Gasteiger partial charge in [-0.15, -0.1) is 0 Å². The predicted molar refractivity (Wildman–Crippen MR) is 48.4 cm³/mol. The van der Waals surface area contributed by atoms with E-state index in [4.69, 9.17) is 4.74 Å². The molecule has 0 saturated heterocycles. The molecular weight excluding hydrogens is 168 g/mol. The van der Waals surface area contributed by atoms with Crippen LogP contribution in [0.1, 0.15) is 31.3 Å². The van der Waals surface area contributed by atoms with Crippen LogP contribution in [-0.4, -0.2) is 21.4 Å². The number of carbonyl (C=O) groups excluding carboxylic acids is 1. The lowest BCUT2D eigenvalue weighted by atomic mass is 10.2. The lowest BCUT2D eigenvalue weighted by Crippen LogP contribution is -2.25. The van der Waals surface area contributed by atoms with Crippen LogP contribution in [0, 0.1) is 0 Å². The number of esters is 1. The summed E-state index contributed by atoms with van der Waals surface area (Å²) in [5.74, 6) is -0.340. The van der Waals surface area contributed by atoms with E-state index in [1.807, 2.05) is 20.8 Å². The van der Waals surface area contributed by atoms with E-state index >= 15 is 0 Å². The van der Waals surface area contributed by atoms with Crippen molar-refractivity contribution in [1.29, 1.82) is 0 Å². The number of hydrogen-bond acceptors (Lipinski definition) is 3. The van der Waals surface area contributed by atoms with Crippen LogP contribution < -0.4 is 0 Å². The maximum absolute atomic E-state index is 11.5. The zero-order valence-electron chi connectivity index (χ0n) is 8.37. The van der Waals surface area contributed by atoms with Crippen LogP contribution in [0.2, 0.25) is 0 Å². The Morgan fingerprint density at radius 1 is 1.54 bits per heavy atom. The van der Waals surface area contributed by atoms with Gasteiger partial charge in [-0.05, 0) is 26.8 Å². The van der Waals surface area contributed by atoms with E-state index in [0.29, 0.717) is 5.69 Å². The van der Waals surface area contributed by atoms with E-state index < -0.39 is 5.60 Å². The van der Waals surface area contributed by atoms with E-state index in [0.717, 1.165) is 0 Å². The Morgan fingerprint density at radius 2 is 2.15 bits per heavy atom. The first kappa shape index (κ1) is 9.77. The molecule has 1 heterocycles. The Morgan fingerprint density at radius 3 is 2.54 bits per heavy atom. The van der Waals surface area contributed by atoms with Crippen LogP contribution in [-0.2, 0) is 11.8 Å². The van der Waals surface area contributed by atoms with Crippen molar-refractivity contribution in [1.82, 2.24) is 9.78 Å². The first-order valence-electron chi connectivity index (χ1n) is 4.11. The topological polar surface area (TPSA) is 44.1 Å². The van der Waals surface area contributed by atoms with E-state index in [1.165, 1.54) is 4.68 Å². The van der Waals surface area contributed by atoms with Crippen LogP contribution in [0.4, 0.5) is 0 Å². The van der Waals surface area contributed by atoms with Gasteiger partial charge in [0.1, 0.15) is 11.3 Å². The molecule has 72 valence electrons. The molecule has 1 aromatic heterocycles. The summed E-state index contributed by atoms with van der Waals surface area (Å²) in [6.45, 7) is 5.50. The van der Waals surface area contributed by atoms with Crippen LogP contribution in [0.15, 0.2) is 12.3 Å². The van der Waals surface area contributed by atoms with Crippen molar-refractivity contribution in [2.45, 2.75) is 26.4 Å². The highest BCUT2D eigenvalue weighted by molar-refractivity contribution is 5.87. The van der Waals surface area contributed by atoms with Gasteiger partial charge in [0, 0.05) is 13.2 Å². The predicted octanol–water partition coefficient (Wildman–Crippen LogP) is 1.38. The largest absolute Gasteiger partial charge is 0.455 e. The molecule has 0 atom stereocenters. The normalized spacial score (nSPS) is 11.4. The second kappa shape index (κ2) is 3.20. The lowest BCUT2D eigenvalue weighted by molar-refractivity contribution is 0.00576. The third kappa shape index (κ3) is 2.57. The summed E-state index contributed by atoms with van der Waals surface area (Å²) in [5, 5.41) is 3.88. The summed E-state index contributed by atoms with van der Waals surface area (Å²) in [5.41, 5.74) is 0.0105. The maximum Gasteiger partial charge on any atom is 0.357 e. The molecule has 0 radical (unpaired) electrons. The fraction of sp³-hybridized carbons (Fsp3) is 0.556. The van der Waals surface area contributed by atoms with Crippen LogP contribution in [0.3, 0.4) is 0 Å². The zero-order valence-corrected chi connectivity index (χ0v) is 8.37. The fourth-order valence-electron chi connectivity index (χ4n) is 0.905. The van der Waals surface area contributed by atoms with E-state index in [-0.39, 0.29) is 5.97 Å². The molecule has 0 aliphatic carbocycles. The number of nitrogens with zero attached hydrogens (tertiary/aromatic N) is 2. The molecule has 0 N–H and O–H groups in total. The summed E-state index contributed by atoms with van der Waals surface area (Å²) in [6, 6.07) is 1.63. The van der Waals surface area contributed by atoms with Crippen molar-refractivity contribution in [3.63, 3.8) is 0 Å². The van der Waals surface area contributed by atoms with E-state index in [1.54, 1.807) is 19.3 Å². The Hall–Kier alpha value is -1.32. The Kier molecular flexibility index (Phi) is 2.40. The van der Waals surface area contributed by atoms with Gasteiger partial charge < -0.3 is 4.74 Å². The highest BCUT2D eigenvalue weighted by atomic mass is 16.6. The van der Waals surface area contributed by atoms with Crippen molar-refractivity contribution in [2.24, 2.45) is 7.05 Å². The smallest absolute Gasteiger partial charge is 0.357 e. The van der Waals surface area contributed by atoms with Crippen LogP contribution in [0.5, 0.6) is 0 Å². The monoisotopic (exact) mass is 182 g/mol. The molecule has 0 amide bonds. The van der Waals surface area contributed by atoms with Crippen molar-refractivity contribution >= 4 is 5.97 Å². The average molecular weight is 182 g/mol. The second-order valence-electron chi connectivity index (χ2n) is 3.84. The van der Waals surface area contributed by atoms with Crippen LogP contribution >= 0.6 is 0 Å². The minimum Gasteiger partial charge on any atom is -0.455 e. The quantitative estimate of drug-likeness (QED) is 0.616. The molecule has 0 aromatic carbocycles. The molecule has 0 aliphatic rings. The molecule has 13 heavy (non-hydrogen) atoms. The van der Waals surface area contributed by atoms with Gasteiger partial charge in [-0.3, -0.25) is 4.68 Å². The number of carbonyl (C=O) groups is 1. The molecule has 1 aromatic rings. The van der Waals surface area contributed by atoms with Gasteiger partial charge in [0.25, 0.3) is 0 Å². The zero-order chi connectivity index (χ0) is 10.1. The number of aromatic nitrogens is 2. The summed E-state index contributed by atoms with van der Waals surface area (Å²) < 4.78 is 6.66. The van der Waals surface area contributed by atoms with E-state index in [9.17, 15) is 4.79 Å². The van der Waals surface area contributed by atoms with E-state index in [2.05, 4.69) is 5.10 Å². The van der Waals surface area contributed by atoms with Gasteiger partial charge in [0.05, 0.1) is 0 Å². The summed E-state index contributed by atoms with van der Waals surface area (Å²) in [7, 11) is 1.71. The second-order valence-corrected chi connectivity index (χ2v) is 3.84. The molecule has 1 rings (SSSR count). The molecule has 0 bridgehead atoms. The van der Waals surface area contributed by atoms with Gasteiger partial charge in [0.15, 0.2) is 0 Å². The van der Waals surface area contributed by atoms with Gasteiger partial charge in [-0.2, -0.15) is 5.10 Å². The minimum atomic E-state index is -0.457. The summed E-state index contributed by atoms with van der Waals surface area (Å²) in [6.07, 6.45) is 1.57. The first-order chi connectivity index (χ1) is 5.90. The van der Waals surface area contributed by atoms with Gasteiger partial charge in [-0.25, -0.2) is 4.79 Å². The third-order valence-electron chi connectivity index (χ3n) is 1.43. The highest BCUT2D eigenvalue weighted by Crippen LogP contribution is 2.10. The number of rotatable bonds is 1. The van der Waals surface area contributed by atoms with Crippen molar-refractivity contribution in [3.8, 4) is 0 Å². The minimum absolute atomic E-state index is 0.340. The van der Waals surface area contributed by atoms with Crippen molar-refractivity contribution < 1.29 is 9.53 Å². The van der Waals surface area contributed by atoms with Crippen molar-refractivity contribution in [3.05, 3.63) is 18.0 Å². The van der Waals surface area contributed by atoms with Gasteiger partial charge >= 0.3 is 5.97 Å². The van der Waals surface area contributed by atoms with Gasteiger partial charge in [0.2, 0.25) is 0 Å². The first-order valence-corrected chi connectivity index (χ1v) is 4.11. The number of aryl methyl sites for hydroxylation is 1. The Bertz CT molecular complexity index is 310. The fourth-order valence-corrected chi connectivity index (χ4v) is 0.905. The standard InChI is InChI=1S/C9H14N2O2/c1-9(2,3)13-8(12)7-5-6-10-11(7)4/h5-6H,1-4H3. The Labute approximate surface area is 77.5 Å².